The minimum Gasteiger partial charge on any atom is -0.387 e. The fraction of sp³-hybridized carbons (Fsp3) is 0.500. The topological polar surface area (TPSA) is 36.4 Å². The summed E-state index contributed by atoms with van der Waals surface area (Å²) < 4.78 is 37.6. The van der Waals surface area contributed by atoms with Gasteiger partial charge in [-0.15, -0.1) is 0 Å². The second-order valence-electron chi connectivity index (χ2n) is 4.79. The van der Waals surface area contributed by atoms with Crippen molar-refractivity contribution < 1.29 is 18.3 Å². The van der Waals surface area contributed by atoms with Crippen molar-refractivity contribution in [3.63, 3.8) is 0 Å². The maximum atomic E-state index is 12.5. The summed E-state index contributed by atoms with van der Waals surface area (Å²) in [6.45, 7) is 2.41. The number of pyridine rings is 1. The Labute approximate surface area is 115 Å². The molecular weight excluding hydrogens is 269 g/mol. The van der Waals surface area contributed by atoms with Gasteiger partial charge in [-0.2, -0.15) is 13.2 Å². The number of anilines is 1. The van der Waals surface area contributed by atoms with Gasteiger partial charge in [0.15, 0.2) is 0 Å². The van der Waals surface area contributed by atoms with E-state index < -0.39 is 17.9 Å². The number of hydrogen-bond acceptors (Lipinski definition) is 3. The lowest BCUT2D eigenvalue weighted by Crippen LogP contribution is -2.31. The molecule has 3 nitrogen and oxygen atoms in total. The Morgan fingerprint density at radius 2 is 2.15 bits per heavy atom. The zero-order chi connectivity index (χ0) is 14.8. The van der Waals surface area contributed by atoms with Crippen LogP contribution in [0.3, 0.4) is 0 Å². The summed E-state index contributed by atoms with van der Waals surface area (Å²) in [7, 11) is 0. The number of alkyl halides is 3. The number of rotatable bonds is 3. The first-order chi connectivity index (χ1) is 9.41. The van der Waals surface area contributed by atoms with Gasteiger partial charge in [0.25, 0.3) is 0 Å². The molecule has 20 heavy (non-hydrogen) atoms. The summed E-state index contributed by atoms with van der Waals surface area (Å²) in [5.74, 6) is 0. The summed E-state index contributed by atoms with van der Waals surface area (Å²) in [4.78, 5) is 6.00. The van der Waals surface area contributed by atoms with Gasteiger partial charge in [-0.25, -0.2) is 0 Å². The largest absolute Gasteiger partial charge is 0.412 e. The zero-order valence-corrected chi connectivity index (χ0v) is 11.2. The molecule has 0 aliphatic carbocycles. The highest BCUT2D eigenvalue weighted by molar-refractivity contribution is 5.47. The second kappa shape index (κ2) is 5.83. The minimum atomic E-state index is -4.22. The molecule has 1 unspecified atom stereocenters. The second-order valence-corrected chi connectivity index (χ2v) is 4.79. The van der Waals surface area contributed by atoms with Crippen LogP contribution in [-0.2, 0) is 0 Å². The van der Waals surface area contributed by atoms with Gasteiger partial charge in [0, 0.05) is 18.7 Å². The Hall–Kier alpha value is -1.56. The third kappa shape index (κ3) is 3.30. The maximum absolute atomic E-state index is 12.5. The van der Waals surface area contributed by atoms with Crippen LogP contribution in [0.1, 0.15) is 31.6 Å². The van der Waals surface area contributed by atoms with Gasteiger partial charge in [0.1, 0.15) is 0 Å². The highest BCUT2D eigenvalue weighted by atomic mass is 19.4. The summed E-state index contributed by atoms with van der Waals surface area (Å²) in [6.07, 6.45) is -1.43. The highest BCUT2D eigenvalue weighted by Gasteiger charge is 2.34. The number of aliphatic hydroxyl groups excluding tert-OH is 1. The Morgan fingerprint density at radius 1 is 1.40 bits per heavy atom. The van der Waals surface area contributed by atoms with Gasteiger partial charge in [-0.05, 0) is 25.0 Å². The van der Waals surface area contributed by atoms with Crippen LogP contribution in [0, 0.1) is 0 Å². The van der Waals surface area contributed by atoms with Gasteiger partial charge >= 0.3 is 6.18 Å². The van der Waals surface area contributed by atoms with Gasteiger partial charge < -0.3 is 10.0 Å². The summed E-state index contributed by atoms with van der Waals surface area (Å²) >= 11 is 0. The minimum absolute atomic E-state index is 0.0111. The van der Waals surface area contributed by atoms with Crippen molar-refractivity contribution in [3.05, 3.63) is 35.7 Å². The summed E-state index contributed by atoms with van der Waals surface area (Å²) in [5.41, 5.74) is 0.897. The highest BCUT2D eigenvalue weighted by Crippen LogP contribution is 2.31. The molecule has 0 radical (unpaired) electrons. The molecule has 1 N–H and O–H groups in total. The van der Waals surface area contributed by atoms with E-state index in [4.69, 9.17) is 0 Å². The lowest BCUT2D eigenvalue weighted by atomic mass is 10.1. The molecule has 0 saturated heterocycles. The van der Waals surface area contributed by atoms with Gasteiger partial charge in [0.05, 0.1) is 23.7 Å². The predicted molar refractivity (Wildman–Crippen MR) is 70.5 cm³/mol. The van der Waals surface area contributed by atoms with Crippen LogP contribution >= 0.6 is 0 Å². The van der Waals surface area contributed by atoms with Crippen LogP contribution in [0.25, 0.3) is 0 Å². The maximum Gasteiger partial charge on any atom is 0.412 e. The molecule has 0 amide bonds. The Bertz CT molecular complexity index is 482. The lowest BCUT2D eigenvalue weighted by Gasteiger charge is -2.29. The van der Waals surface area contributed by atoms with E-state index in [0.717, 1.165) is 5.69 Å². The van der Waals surface area contributed by atoms with E-state index in [1.54, 1.807) is 18.3 Å². The number of aliphatic hydroxyl groups is 1. The van der Waals surface area contributed by atoms with Crippen LogP contribution < -0.4 is 4.90 Å². The molecule has 0 spiro atoms. The summed E-state index contributed by atoms with van der Waals surface area (Å²) in [6, 6.07) is 3.50. The van der Waals surface area contributed by atoms with Crippen molar-refractivity contribution in [1.29, 1.82) is 0 Å². The monoisotopic (exact) mass is 286 g/mol. The Morgan fingerprint density at radius 3 is 2.60 bits per heavy atom. The van der Waals surface area contributed by atoms with Crippen molar-refractivity contribution in [2.24, 2.45) is 0 Å². The van der Waals surface area contributed by atoms with Crippen LogP contribution in [0.5, 0.6) is 0 Å². The number of hydrogen-bond donors (Lipinski definition) is 1. The van der Waals surface area contributed by atoms with Crippen molar-refractivity contribution in [2.45, 2.75) is 32.0 Å². The van der Waals surface area contributed by atoms with E-state index in [1.807, 2.05) is 11.8 Å². The lowest BCUT2D eigenvalue weighted by molar-refractivity contribution is -0.0943. The fourth-order valence-corrected chi connectivity index (χ4v) is 2.15. The van der Waals surface area contributed by atoms with Crippen LogP contribution in [-0.4, -0.2) is 29.4 Å². The van der Waals surface area contributed by atoms with E-state index in [-0.39, 0.29) is 13.0 Å². The predicted octanol–water partition coefficient (Wildman–Crippen LogP) is 3.22. The first-order valence-corrected chi connectivity index (χ1v) is 6.57. The van der Waals surface area contributed by atoms with Crippen molar-refractivity contribution >= 4 is 5.69 Å². The average molecular weight is 286 g/mol. The van der Waals surface area contributed by atoms with Crippen molar-refractivity contribution in [1.82, 2.24) is 4.98 Å². The van der Waals surface area contributed by atoms with Crippen LogP contribution in [0.2, 0.25) is 0 Å². The van der Waals surface area contributed by atoms with E-state index in [0.29, 0.717) is 18.7 Å². The van der Waals surface area contributed by atoms with Crippen LogP contribution in [0.15, 0.2) is 30.0 Å². The van der Waals surface area contributed by atoms with Gasteiger partial charge in [-0.3, -0.25) is 4.98 Å². The molecule has 1 aliphatic rings. The molecule has 0 saturated carbocycles. The van der Waals surface area contributed by atoms with E-state index in [1.165, 1.54) is 6.08 Å². The number of halogens is 3. The third-order valence-electron chi connectivity index (χ3n) is 3.44. The number of nitrogens with zero attached hydrogens (tertiary/aromatic N) is 2. The smallest absolute Gasteiger partial charge is 0.387 e. The number of aromatic nitrogens is 1. The summed E-state index contributed by atoms with van der Waals surface area (Å²) in [5, 5.41) is 9.64. The molecule has 2 heterocycles. The first-order valence-electron chi connectivity index (χ1n) is 6.57. The standard InChI is InChI=1S/C14H17F3N2O/c1-2-13(20)12-4-3-11(9-18-12)19-7-5-10(6-8-19)14(15,16)17/h3-5,9,13,20H,2,6-8H2,1H3. The normalized spacial score (nSPS) is 17.9. The molecule has 6 heteroatoms. The third-order valence-corrected chi connectivity index (χ3v) is 3.44. The molecule has 1 aromatic rings. The Balaban J connectivity index is 2.06. The van der Waals surface area contributed by atoms with E-state index >= 15 is 0 Å². The molecule has 0 aromatic carbocycles. The quantitative estimate of drug-likeness (QED) is 0.867. The molecule has 110 valence electrons. The molecular formula is C14H17F3N2O. The van der Waals surface area contributed by atoms with Crippen molar-refractivity contribution in [3.8, 4) is 0 Å². The van der Waals surface area contributed by atoms with Crippen molar-refractivity contribution in [2.75, 3.05) is 18.0 Å². The van der Waals surface area contributed by atoms with Gasteiger partial charge in [-0.1, -0.05) is 13.0 Å². The molecule has 1 aromatic heterocycles. The average Bonchev–Trinajstić information content (AvgIpc) is 2.46. The molecule has 1 atom stereocenters. The van der Waals surface area contributed by atoms with E-state index in [9.17, 15) is 18.3 Å². The molecule has 2 rings (SSSR count). The fourth-order valence-electron chi connectivity index (χ4n) is 2.15. The van der Waals surface area contributed by atoms with Crippen LogP contribution in [0.4, 0.5) is 18.9 Å². The molecule has 0 fully saturated rings. The van der Waals surface area contributed by atoms with Gasteiger partial charge in [0.2, 0.25) is 0 Å². The SMILES string of the molecule is CCC(O)c1ccc(N2CC=C(C(F)(F)F)CC2)cn1. The molecule has 1 aliphatic heterocycles. The Kier molecular flexibility index (Phi) is 4.32. The zero-order valence-electron chi connectivity index (χ0n) is 11.2. The van der Waals surface area contributed by atoms with E-state index in [2.05, 4.69) is 4.98 Å². The molecule has 0 bridgehead atoms. The first kappa shape index (κ1) is 14.8.